The Morgan fingerprint density at radius 1 is 0.336 bits per heavy atom. The van der Waals surface area contributed by atoms with E-state index in [-0.39, 0.29) is 18.9 Å². The number of nitrogens with one attached hydrogen (secondary N) is 1. The summed E-state index contributed by atoms with van der Waals surface area (Å²) >= 11 is 0. The van der Waals surface area contributed by atoms with E-state index in [4.69, 9.17) is 28.4 Å². The van der Waals surface area contributed by atoms with Crippen molar-refractivity contribution in [1.82, 2.24) is 5.32 Å². The highest BCUT2D eigenvalue weighted by Gasteiger charge is 2.54. The summed E-state index contributed by atoms with van der Waals surface area (Å²) in [7, 11) is 0. The Labute approximate surface area is 649 Å². The molecule has 107 heavy (non-hydrogen) atoms. The maximum Gasteiger partial charge on any atom is 0.220 e. The van der Waals surface area contributed by atoms with E-state index in [0.29, 0.717) is 12.8 Å². The van der Waals surface area contributed by atoms with Gasteiger partial charge in [-0.15, -0.1) is 0 Å². The van der Waals surface area contributed by atoms with E-state index in [1.165, 1.54) is 276 Å². The Balaban J connectivity index is 1.30. The summed E-state index contributed by atoms with van der Waals surface area (Å²) in [6.07, 6.45) is 62.4. The molecule has 3 rings (SSSR count). The van der Waals surface area contributed by atoms with Crippen LogP contribution in [-0.4, -0.2) is 193 Å². The number of unbranched alkanes of at least 4 members (excludes halogenated alkanes) is 47. The van der Waals surface area contributed by atoms with Crippen LogP contribution in [0.4, 0.5) is 0 Å². The molecule has 3 saturated heterocycles. The molecule has 3 heterocycles. The highest BCUT2D eigenvalue weighted by atomic mass is 16.8. The number of allylic oxidation sites excluding steroid dienone is 9. The smallest absolute Gasteiger partial charge is 0.220 e. The zero-order chi connectivity index (χ0) is 77.4. The second-order valence-corrected chi connectivity index (χ2v) is 31.3. The topological polar surface area (TPSA) is 307 Å². The van der Waals surface area contributed by atoms with E-state index in [1.807, 2.05) is 6.08 Å². The fourth-order valence-electron chi connectivity index (χ4n) is 14.7. The maximum atomic E-state index is 13.5. The number of hydrogen-bond acceptors (Lipinski definition) is 18. The van der Waals surface area contributed by atoms with Gasteiger partial charge in [-0.2, -0.15) is 0 Å². The molecule has 0 radical (unpaired) electrons. The largest absolute Gasteiger partial charge is 0.394 e. The summed E-state index contributed by atoms with van der Waals surface area (Å²) in [6, 6.07) is -0.991. The third-order valence-electron chi connectivity index (χ3n) is 21.8. The molecular formula is C88H161NO18. The number of aliphatic hydroxyl groups excluding tert-OH is 11. The number of rotatable bonds is 71. The molecule has 3 aliphatic rings. The number of aliphatic hydroxyl groups is 11. The lowest BCUT2D eigenvalue weighted by Gasteiger charge is -2.48. The molecule has 626 valence electrons. The third-order valence-corrected chi connectivity index (χ3v) is 21.8. The number of hydrogen-bond donors (Lipinski definition) is 12. The van der Waals surface area contributed by atoms with Crippen molar-refractivity contribution >= 4 is 5.91 Å². The van der Waals surface area contributed by atoms with E-state index >= 15 is 0 Å². The van der Waals surface area contributed by atoms with Crippen LogP contribution in [-0.2, 0) is 33.2 Å². The van der Waals surface area contributed by atoms with Crippen LogP contribution in [0.15, 0.2) is 60.8 Å². The minimum absolute atomic E-state index is 0.238. The minimum Gasteiger partial charge on any atom is -0.394 e. The molecule has 19 nitrogen and oxygen atoms in total. The Hall–Kier alpha value is -2.51. The van der Waals surface area contributed by atoms with Crippen molar-refractivity contribution in [3.8, 4) is 0 Å². The number of amides is 1. The van der Waals surface area contributed by atoms with Crippen molar-refractivity contribution in [3.63, 3.8) is 0 Å². The van der Waals surface area contributed by atoms with Gasteiger partial charge in [-0.1, -0.05) is 344 Å². The fourth-order valence-corrected chi connectivity index (χ4v) is 14.7. The number of ether oxygens (including phenoxy) is 6. The van der Waals surface area contributed by atoms with Crippen LogP contribution in [0.2, 0.25) is 0 Å². The van der Waals surface area contributed by atoms with Gasteiger partial charge in [0, 0.05) is 6.42 Å². The predicted molar refractivity (Wildman–Crippen MR) is 429 cm³/mol. The first kappa shape index (κ1) is 98.7. The van der Waals surface area contributed by atoms with Crippen molar-refractivity contribution in [2.24, 2.45) is 0 Å². The van der Waals surface area contributed by atoms with Gasteiger partial charge in [0.15, 0.2) is 18.9 Å². The standard InChI is InChI=1S/C88H161NO18/c1-3-5-7-9-11-13-15-17-19-21-23-25-26-27-28-29-30-31-32-33-34-35-36-37-38-39-40-41-42-43-44-46-48-50-52-54-56-58-60-62-64-66-76(94)89-71(72(93)65-63-61-59-57-55-53-51-49-47-45-24-22-20-18-16-14-12-10-8-6-4-2)70-102-86-82(100)79(97)84(74(68-91)104-86)107-88-83(101)80(98)85(75(69-92)105-88)106-87-81(99)78(96)77(95)73(67-90)103-87/h15,17,21,23,26-27,55,57,63,65,71-75,77-88,90-93,95-101H,3-14,16,18-20,22,24-25,28-54,56,58-62,64,66-70H2,1-2H3,(H,89,94)/b17-15-,23-21-,27-26-,57-55+,65-63+. The lowest BCUT2D eigenvalue weighted by Crippen LogP contribution is -2.66. The highest BCUT2D eigenvalue weighted by Crippen LogP contribution is 2.33. The van der Waals surface area contributed by atoms with E-state index in [2.05, 4.69) is 67.8 Å². The quantitative estimate of drug-likeness (QED) is 0.0199. The Morgan fingerprint density at radius 3 is 1.00 bits per heavy atom. The molecule has 1 amide bonds. The van der Waals surface area contributed by atoms with Crippen molar-refractivity contribution < 1.29 is 89.4 Å². The van der Waals surface area contributed by atoms with Gasteiger partial charge < -0.3 is 89.9 Å². The second kappa shape index (κ2) is 67.9. The highest BCUT2D eigenvalue weighted by molar-refractivity contribution is 5.76. The summed E-state index contributed by atoms with van der Waals surface area (Å²) in [5, 5.41) is 121. The summed E-state index contributed by atoms with van der Waals surface area (Å²) in [4.78, 5) is 13.5. The molecule has 0 bridgehead atoms. The van der Waals surface area contributed by atoms with Crippen LogP contribution in [0.3, 0.4) is 0 Å². The molecule has 3 fully saturated rings. The fraction of sp³-hybridized carbons (Fsp3) is 0.875. The predicted octanol–water partition coefficient (Wildman–Crippen LogP) is 16.2. The monoisotopic (exact) mass is 1520 g/mol. The van der Waals surface area contributed by atoms with E-state index in [0.717, 1.165) is 51.4 Å². The van der Waals surface area contributed by atoms with Crippen molar-refractivity contribution in [1.29, 1.82) is 0 Å². The van der Waals surface area contributed by atoms with E-state index in [1.54, 1.807) is 6.08 Å². The molecule has 0 saturated carbocycles. The van der Waals surface area contributed by atoms with Gasteiger partial charge in [-0.05, 0) is 70.6 Å². The summed E-state index contributed by atoms with van der Waals surface area (Å²) in [5.41, 5.74) is 0. The van der Waals surface area contributed by atoms with E-state index < -0.39 is 124 Å². The Kier molecular flexibility index (Phi) is 62.7. The molecule has 12 N–H and O–H groups in total. The Morgan fingerprint density at radius 2 is 0.626 bits per heavy atom. The molecule has 17 atom stereocenters. The first-order chi connectivity index (χ1) is 52.3. The van der Waals surface area contributed by atoms with Gasteiger partial charge in [0.25, 0.3) is 0 Å². The van der Waals surface area contributed by atoms with Gasteiger partial charge in [-0.25, -0.2) is 0 Å². The van der Waals surface area contributed by atoms with Crippen molar-refractivity contribution in [2.45, 2.75) is 465 Å². The van der Waals surface area contributed by atoms with Crippen LogP contribution < -0.4 is 5.32 Å². The third kappa shape index (κ3) is 47.1. The molecule has 19 heteroatoms. The SMILES string of the molecule is CCCCCCC/C=C\C/C=C\C/C=C\CCCCCCCCCCCCCCCCCCCCCCCCCCCCC(=O)NC(COC1OC(CO)C(OC2OC(CO)C(OC3OC(CO)C(O)C(O)C3O)C(O)C2O)C(O)C1O)C(O)/C=C/CC/C=C/CCCCCCCCCCCCCCCCC. The first-order valence-corrected chi connectivity index (χ1v) is 44.0. The first-order valence-electron chi connectivity index (χ1n) is 44.0. The van der Waals surface area contributed by atoms with Crippen LogP contribution in [0.25, 0.3) is 0 Å². The summed E-state index contributed by atoms with van der Waals surface area (Å²) < 4.78 is 34.5. The molecule has 0 aliphatic carbocycles. The van der Waals surface area contributed by atoms with Gasteiger partial charge in [0.1, 0.15) is 73.2 Å². The van der Waals surface area contributed by atoms with Crippen molar-refractivity contribution in [2.75, 3.05) is 26.4 Å². The average Bonchev–Trinajstić information content (AvgIpc) is 0.782. The van der Waals surface area contributed by atoms with Gasteiger partial charge in [-0.3, -0.25) is 4.79 Å². The van der Waals surface area contributed by atoms with Gasteiger partial charge >= 0.3 is 0 Å². The summed E-state index contributed by atoms with van der Waals surface area (Å²) in [6.45, 7) is 1.75. The van der Waals surface area contributed by atoms with E-state index in [9.17, 15) is 61.0 Å². The zero-order valence-corrected chi connectivity index (χ0v) is 67.4. The maximum absolute atomic E-state index is 13.5. The Bertz CT molecular complexity index is 2160. The molecule has 17 unspecified atom stereocenters. The van der Waals surface area contributed by atoms with Crippen LogP contribution >= 0.6 is 0 Å². The zero-order valence-electron chi connectivity index (χ0n) is 67.4. The molecule has 0 aromatic carbocycles. The van der Waals surface area contributed by atoms with Gasteiger partial charge in [0.2, 0.25) is 5.91 Å². The normalized spacial score (nSPS) is 25.8. The number of carbonyl (C=O) groups is 1. The lowest BCUT2D eigenvalue weighted by atomic mass is 9.96. The molecule has 3 aliphatic heterocycles. The average molecular weight is 1520 g/mol. The minimum atomic E-state index is -1.98. The van der Waals surface area contributed by atoms with Gasteiger partial charge in [0.05, 0.1) is 38.6 Å². The summed E-state index contributed by atoms with van der Waals surface area (Å²) in [5.74, 6) is -0.279. The molecule has 0 aromatic rings. The molecule has 0 spiro atoms. The van der Waals surface area contributed by atoms with Crippen LogP contribution in [0.5, 0.6) is 0 Å². The second-order valence-electron chi connectivity index (χ2n) is 31.3. The van der Waals surface area contributed by atoms with Crippen molar-refractivity contribution in [3.05, 3.63) is 60.8 Å². The number of carbonyl (C=O) groups excluding carboxylic acids is 1. The molecule has 0 aromatic heterocycles. The van der Waals surface area contributed by atoms with Crippen LogP contribution in [0.1, 0.15) is 361 Å². The molecular weight excluding hydrogens is 1360 g/mol. The lowest BCUT2D eigenvalue weighted by molar-refractivity contribution is -0.379. The van der Waals surface area contributed by atoms with Crippen LogP contribution in [0, 0.1) is 0 Å².